The molecular weight excluding hydrogens is 532 g/mol. The normalized spacial score (nSPS) is 44.4. The van der Waals surface area contributed by atoms with Gasteiger partial charge in [0.25, 0.3) is 0 Å². The van der Waals surface area contributed by atoms with Crippen LogP contribution in [0.3, 0.4) is 0 Å². The molecule has 4 fully saturated rings. The smallest absolute Gasteiger partial charge is 0.317 e. The minimum Gasteiger partial charge on any atom is -0.481 e. The van der Waals surface area contributed by atoms with Crippen LogP contribution in [0, 0.1) is 45.3 Å². The van der Waals surface area contributed by atoms with Gasteiger partial charge < -0.3 is 24.1 Å². The van der Waals surface area contributed by atoms with Gasteiger partial charge in [0.2, 0.25) is 0 Å². The Morgan fingerprint density at radius 3 is 2.43 bits per heavy atom. The lowest BCUT2D eigenvalue weighted by molar-refractivity contribution is -0.228. The first-order chi connectivity index (χ1) is 19.5. The first kappa shape index (κ1) is 31.7. The average Bonchev–Trinajstić information content (AvgIpc) is 3.28. The lowest BCUT2D eigenvalue weighted by Gasteiger charge is -2.65. The van der Waals surface area contributed by atoms with Crippen molar-refractivity contribution in [3.05, 3.63) is 24.3 Å². The molecule has 7 nitrogen and oxygen atoms in total. The average molecular weight is 587 g/mol. The Bertz CT molecular complexity index is 1140. The summed E-state index contributed by atoms with van der Waals surface area (Å²) in [5.41, 5.74) is -1.25. The van der Waals surface area contributed by atoms with Gasteiger partial charge in [-0.05, 0) is 87.4 Å². The molecule has 0 aromatic rings. The number of rotatable bonds is 9. The highest BCUT2D eigenvalue weighted by molar-refractivity contribution is 5.90. The molecule has 0 unspecified atom stereocenters. The topological polar surface area (TPSA) is 91.3 Å². The summed E-state index contributed by atoms with van der Waals surface area (Å²) >= 11 is 0. The Kier molecular flexibility index (Phi) is 7.89. The maximum atomic E-state index is 12.4. The summed E-state index contributed by atoms with van der Waals surface area (Å²) in [5.74, 6) is -0.0635. The van der Waals surface area contributed by atoms with Crippen molar-refractivity contribution in [2.45, 2.75) is 123 Å². The molecule has 5 aliphatic rings. The monoisotopic (exact) mass is 586 g/mol. The second kappa shape index (κ2) is 10.4. The summed E-state index contributed by atoms with van der Waals surface area (Å²) < 4.78 is 24.8. The van der Waals surface area contributed by atoms with Crippen molar-refractivity contribution in [1.82, 2.24) is 0 Å². The predicted octanol–water partition coefficient (Wildman–Crippen LogP) is 6.95. The van der Waals surface area contributed by atoms with Gasteiger partial charge in [-0.15, -0.1) is 0 Å². The molecule has 0 amide bonds. The maximum Gasteiger partial charge on any atom is 0.317 e. The van der Waals surface area contributed by atoms with Gasteiger partial charge in [0.05, 0.1) is 5.60 Å². The molecule has 3 saturated carbocycles. The zero-order valence-corrected chi connectivity index (χ0v) is 27.3. The third-order valence-corrected chi connectivity index (χ3v) is 13.4. The largest absolute Gasteiger partial charge is 0.481 e. The van der Waals surface area contributed by atoms with E-state index in [2.05, 4.69) is 72.8 Å². The van der Waals surface area contributed by atoms with E-state index >= 15 is 0 Å². The molecule has 7 heteroatoms. The van der Waals surface area contributed by atoms with Gasteiger partial charge in [0.1, 0.15) is 18.1 Å². The fourth-order valence-electron chi connectivity index (χ4n) is 10.8. The second-order valence-corrected chi connectivity index (χ2v) is 15.7. The summed E-state index contributed by atoms with van der Waals surface area (Å²) in [5, 5.41) is 9.13. The van der Waals surface area contributed by atoms with Crippen molar-refractivity contribution in [2.75, 3.05) is 14.2 Å². The highest BCUT2D eigenvalue weighted by Crippen LogP contribution is 2.79. The lowest BCUT2D eigenvalue weighted by Crippen LogP contribution is -2.65. The first-order valence-corrected chi connectivity index (χ1v) is 16.1. The molecule has 42 heavy (non-hydrogen) atoms. The van der Waals surface area contributed by atoms with E-state index < -0.39 is 35.5 Å². The number of carbonyl (C=O) groups is 2. The van der Waals surface area contributed by atoms with Crippen LogP contribution >= 0.6 is 0 Å². The molecule has 10 atom stereocenters. The van der Waals surface area contributed by atoms with Crippen molar-refractivity contribution in [3.8, 4) is 0 Å². The van der Waals surface area contributed by atoms with Crippen molar-refractivity contribution in [3.63, 3.8) is 0 Å². The number of fused-ring (bicyclic) bond motifs is 2. The van der Waals surface area contributed by atoms with Crippen LogP contribution in [0.25, 0.3) is 0 Å². The van der Waals surface area contributed by atoms with Crippen molar-refractivity contribution in [2.24, 2.45) is 45.3 Å². The SMILES string of the molecule is CO[C@H]1O[C@]23C=C[C@@H]4[C@@]1(CC[C@]1(C)[C@@H]([C@H](C)C/C=C/C(C)(C)OC)CC[C@@]41C)[C@@H]2CC[C@H](OC(=O)CC(=O)O)C3(C)C. The maximum absolute atomic E-state index is 12.4. The fraction of sp³-hybridized carbons (Fsp3) is 0.829. The van der Waals surface area contributed by atoms with Crippen LogP contribution in [0.4, 0.5) is 0 Å². The van der Waals surface area contributed by atoms with Crippen molar-refractivity contribution < 1.29 is 33.6 Å². The van der Waals surface area contributed by atoms with Crippen LogP contribution < -0.4 is 0 Å². The van der Waals surface area contributed by atoms with Gasteiger partial charge in [-0.25, -0.2) is 0 Å². The predicted molar refractivity (Wildman–Crippen MR) is 160 cm³/mol. The van der Waals surface area contributed by atoms with Crippen molar-refractivity contribution in [1.29, 1.82) is 0 Å². The molecule has 0 radical (unpaired) electrons. The lowest BCUT2D eigenvalue weighted by atomic mass is 9.38. The van der Waals surface area contributed by atoms with E-state index in [0.29, 0.717) is 24.2 Å². The van der Waals surface area contributed by atoms with Crippen LogP contribution in [0.15, 0.2) is 24.3 Å². The Hall–Kier alpha value is -1.70. The van der Waals surface area contributed by atoms with E-state index in [9.17, 15) is 9.59 Å². The molecule has 1 spiro atoms. The van der Waals surface area contributed by atoms with Gasteiger partial charge in [-0.2, -0.15) is 0 Å². The molecule has 5 rings (SSSR count). The molecular formula is C35H54O7. The third-order valence-electron chi connectivity index (χ3n) is 13.4. The Balaban J connectivity index is 1.46. The zero-order valence-electron chi connectivity index (χ0n) is 27.3. The minimum atomic E-state index is -1.17. The summed E-state index contributed by atoms with van der Waals surface area (Å²) in [7, 11) is 3.54. The van der Waals surface area contributed by atoms with Crippen LogP contribution in [-0.2, 0) is 28.5 Å². The number of aliphatic carboxylic acids is 1. The summed E-state index contributed by atoms with van der Waals surface area (Å²) in [6, 6.07) is 0. The number of carbonyl (C=O) groups excluding carboxylic acids is 1. The van der Waals surface area contributed by atoms with Gasteiger partial charge >= 0.3 is 11.9 Å². The summed E-state index contributed by atoms with van der Waals surface area (Å²) in [6.07, 6.45) is 15.1. The van der Waals surface area contributed by atoms with Gasteiger partial charge in [-0.3, -0.25) is 9.59 Å². The molecule has 2 bridgehead atoms. The van der Waals surface area contributed by atoms with E-state index in [-0.39, 0.29) is 34.1 Å². The van der Waals surface area contributed by atoms with E-state index in [1.165, 1.54) is 12.8 Å². The molecule has 1 aliphatic heterocycles. The summed E-state index contributed by atoms with van der Waals surface area (Å²) in [6.45, 7) is 16.0. The van der Waals surface area contributed by atoms with E-state index in [4.69, 9.17) is 24.1 Å². The first-order valence-electron chi connectivity index (χ1n) is 16.1. The number of carboxylic acid groups (broad SMARTS) is 1. The highest BCUT2D eigenvalue weighted by atomic mass is 16.7. The number of methoxy groups -OCH3 is 2. The molecule has 1 heterocycles. The molecule has 4 aliphatic carbocycles. The molecule has 0 aromatic heterocycles. The number of esters is 1. The second-order valence-electron chi connectivity index (χ2n) is 15.7. The van der Waals surface area contributed by atoms with E-state index in [1.54, 1.807) is 14.2 Å². The quantitative estimate of drug-likeness (QED) is 0.178. The standard InChI is InChI=1S/C35H54O7/c1-22(11-10-16-30(2,3)40-9)23-14-17-33(7)24-15-18-35-25(34(24,29(39-8)42-35)20-19-32(23,33)6)12-13-26(31(35,4)5)41-28(38)21-27(36)37/h10,15-16,18,22-26,29H,11-14,17,19-21H2,1-9H3,(H,36,37)/b16-10+/t22-,23-,24+,25+,26+,29+,32-,33+,34+,35-/m1/s1. The Morgan fingerprint density at radius 1 is 1.07 bits per heavy atom. The molecule has 0 aromatic carbocycles. The molecule has 1 N–H and O–H groups in total. The number of carboxylic acids is 1. The third kappa shape index (κ3) is 4.30. The number of hydrogen-bond donors (Lipinski definition) is 1. The number of hydrogen-bond acceptors (Lipinski definition) is 6. The van der Waals surface area contributed by atoms with E-state index in [0.717, 1.165) is 25.7 Å². The van der Waals surface area contributed by atoms with Crippen molar-refractivity contribution >= 4 is 11.9 Å². The Morgan fingerprint density at radius 2 is 1.79 bits per heavy atom. The number of allylic oxidation sites excluding steroid dienone is 2. The molecule has 236 valence electrons. The minimum absolute atomic E-state index is 0.113. The van der Waals surface area contributed by atoms with Gasteiger partial charge in [-0.1, -0.05) is 58.9 Å². The van der Waals surface area contributed by atoms with Gasteiger partial charge in [0, 0.05) is 31.0 Å². The van der Waals surface area contributed by atoms with Crippen LogP contribution in [0.5, 0.6) is 0 Å². The van der Waals surface area contributed by atoms with Crippen LogP contribution in [0.2, 0.25) is 0 Å². The highest BCUT2D eigenvalue weighted by Gasteiger charge is 2.78. The zero-order chi connectivity index (χ0) is 30.9. The number of ether oxygens (including phenoxy) is 4. The van der Waals surface area contributed by atoms with E-state index in [1.807, 2.05) is 0 Å². The van der Waals surface area contributed by atoms with Crippen LogP contribution in [0.1, 0.15) is 99.8 Å². The van der Waals surface area contributed by atoms with Gasteiger partial charge in [0.15, 0.2) is 6.29 Å². The summed E-state index contributed by atoms with van der Waals surface area (Å²) in [4.78, 5) is 23.6. The molecule has 1 saturated heterocycles. The van der Waals surface area contributed by atoms with Crippen LogP contribution in [-0.4, -0.2) is 54.9 Å². The Labute approximate surface area is 252 Å². The fourth-order valence-corrected chi connectivity index (χ4v) is 10.8.